The molecule has 0 bridgehead atoms. The number of hydrogen-bond donors (Lipinski definition) is 0. The normalized spacial score (nSPS) is 15.6. The summed E-state index contributed by atoms with van der Waals surface area (Å²) in [7, 11) is 1.64. The quantitative estimate of drug-likeness (QED) is 0.182. The lowest BCUT2D eigenvalue weighted by Crippen LogP contribution is -2.53. The van der Waals surface area contributed by atoms with Crippen LogP contribution in [0.3, 0.4) is 0 Å². The van der Waals surface area contributed by atoms with E-state index in [0.29, 0.717) is 29.3 Å². The van der Waals surface area contributed by atoms with Crippen molar-refractivity contribution >= 4 is 33.2 Å². The number of carbonyl (C=O) groups is 1. The summed E-state index contributed by atoms with van der Waals surface area (Å²) in [6.45, 7) is 10.2. The monoisotopic (exact) mass is 621 g/mol. The molecule has 0 N–H and O–H groups in total. The van der Waals surface area contributed by atoms with Crippen molar-refractivity contribution < 1.29 is 18.7 Å². The maximum atomic E-state index is 13.3. The maximum Gasteiger partial charge on any atom is 0.254 e. The van der Waals surface area contributed by atoms with Crippen LogP contribution in [0, 0.1) is 6.92 Å². The van der Waals surface area contributed by atoms with Gasteiger partial charge in [0.25, 0.3) is 5.91 Å². The predicted molar refractivity (Wildman–Crippen MR) is 176 cm³/mol. The third-order valence-electron chi connectivity index (χ3n) is 8.44. The summed E-state index contributed by atoms with van der Waals surface area (Å²) in [6.07, 6.45) is 1.88. The van der Waals surface area contributed by atoms with Crippen molar-refractivity contribution in [3.63, 3.8) is 0 Å². The van der Waals surface area contributed by atoms with Gasteiger partial charge in [-0.05, 0) is 67.9 Å². The largest absolute Gasteiger partial charge is 0.497 e. The second-order valence-electron chi connectivity index (χ2n) is 11.4. The number of fused-ring (bicyclic) bond motifs is 2. The van der Waals surface area contributed by atoms with Crippen LogP contribution >= 0.6 is 11.3 Å². The zero-order chi connectivity index (χ0) is 31.1. The molecule has 3 aromatic carbocycles. The van der Waals surface area contributed by atoms with E-state index >= 15 is 0 Å². The SMILES string of the molecule is CCN1CCN(C(=O)c2ccc(-c3cccc(OCc4cc(OC)cc5oc(-c6cn7nc(C)sc7n6)cc45)c3)cc2)[C@@H](C)C1. The van der Waals surface area contributed by atoms with Crippen LogP contribution in [0.2, 0.25) is 0 Å². The molecule has 1 saturated heterocycles. The van der Waals surface area contributed by atoms with E-state index in [1.807, 2.05) is 84.8 Å². The molecule has 4 heterocycles. The summed E-state index contributed by atoms with van der Waals surface area (Å²) >= 11 is 1.54. The highest BCUT2D eigenvalue weighted by molar-refractivity contribution is 7.16. The average Bonchev–Trinajstić information content (AvgIpc) is 3.76. The topological polar surface area (TPSA) is 85.3 Å². The van der Waals surface area contributed by atoms with Gasteiger partial charge in [-0.15, -0.1) is 0 Å². The van der Waals surface area contributed by atoms with E-state index in [9.17, 15) is 4.79 Å². The number of ether oxygens (including phenoxy) is 2. The molecule has 10 heteroatoms. The molecule has 3 aromatic heterocycles. The zero-order valence-electron chi connectivity index (χ0n) is 25.8. The third-order valence-corrected chi connectivity index (χ3v) is 9.28. The fraction of sp³-hybridized carbons (Fsp3) is 0.286. The first kappa shape index (κ1) is 29.1. The summed E-state index contributed by atoms with van der Waals surface area (Å²) in [4.78, 5) is 23.1. The Hall–Kier alpha value is -4.67. The zero-order valence-corrected chi connectivity index (χ0v) is 26.6. The van der Waals surface area contributed by atoms with Gasteiger partial charge in [0, 0.05) is 48.3 Å². The predicted octanol–water partition coefficient (Wildman–Crippen LogP) is 6.93. The smallest absolute Gasteiger partial charge is 0.254 e. The molecule has 0 saturated carbocycles. The van der Waals surface area contributed by atoms with Crippen LogP contribution in [0.15, 0.2) is 77.3 Å². The van der Waals surface area contributed by atoms with Gasteiger partial charge in [0.1, 0.15) is 34.4 Å². The molecule has 9 nitrogen and oxygen atoms in total. The number of hydrogen-bond acceptors (Lipinski definition) is 8. The molecule has 0 aliphatic carbocycles. The molecule has 45 heavy (non-hydrogen) atoms. The van der Waals surface area contributed by atoms with Gasteiger partial charge in [-0.25, -0.2) is 9.50 Å². The van der Waals surface area contributed by atoms with E-state index in [0.717, 1.165) is 69.7 Å². The first-order valence-electron chi connectivity index (χ1n) is 15.2. The lowest BCUT2D eigenvalue weighted by atomic mass is 10.0. The minimum absolute atomic E-state index is 0.0911. The van der Waals surface area contributed by atoms with E-state index in [-0.39, 0.29) is 11.9 Å². The van der Waals surface area contributed by atoms with Crippen molar-refractivity contribution in [2.75, 3.05) is 33.3 Å². The second kappa shape index (κ2) is 12.0. The fourth-order valence-corrected chi connectivity index (χ4v) is 6.71. The number of nitrogens with zero attached hydrogens (tertiary/aromatic N) is 5. The van der Waals surface area contributed by atoms with E-state index in [1.54, 1.807) is 11.6 Å². The van der Waals surface area contributed by atoms with E-state index in [4.69, 9.17) is 18.9 Å². The van der Waals surface area contributed by atoms with Crippen molar-refractivity contribution in [2.24, 2.45) is 0 Å². The molecule has 6 aromatic rings. The molecule has 7 rings (SSSR count). The molecule has 230 valence electrons. The summed E-state index contributed by atoms with van der Waals surface area (Å²) in [6, 6.07) is 21.9. The van der Waals surface area contributed by atoms with Crippen molar-refractivity contribution in [2.45, 2.75) is 33.4 Å². The van der Waals surface area contributed by atoms with Crippen LogP contribution in [0.1, 0.15) is 34.8 Å². The first-order valence-corrected chi connectivity index (χ1v) is 16.0. The molecule has 1 aliphatic heterocycles. The molecule has 1 aliphatic rings. The van der Waals surface area contributed by atoms with Crippen LogP contribution in [-0.4, -0.2) is 69.6 Å². The molecular formula is C35H35N5O4S. The number of rotatable bonds is 8. The fourth-order valence-electron chi connectivity index (χ4n) is 5.99. The molecule has 1 amide bonds. The number of imidazole rings is 1. The third kappa shape index (κ3) is 5.79. The molecular weight excluding hydrogens is 586 g/mol. The number of aromatic nitrogens is 3. The Morgan fingerprint density at radius 1 is 1.04 bits per heavy atom. The number of methoxy groups -OCH3 is 1. The molecule has 0 unspecified atom stereocenters. The Bertz CT molecular complexity index is 1960. The lowest BCUT2D eigenvalue weighted by Gasteiger charge is -2.39. The highest BCUT2D eigenvalue weighted by Gasteiger charge is 2.27. The van der Waals surface area contributed by atoms with Crippen LogP contribution in [0.5, 0.6) is 11.5 Å². The van der Waals surface area contributed by atoms with Gasteiger partial charge in [0.05, 0.1) is 13.3 Å². The van der Waals surface area contributed by atoms with Gasteiger partial charge in [-0.2, -0.15) is 5.10 Å². The van der Waals surface area contributed by atoms with Gasteiger partial charge >= 0.3 is 0 Å². The van der Waals surface area contributed by atoms with Crippen LogP contribution < -0.4 is 9.47 Å². The van der Waals surface area contributed by atoms with Crippen molar-refractivity contribution in [3.8, 4) is 34.1 Å². The van der Waals surface area contributed by atoms with Gasteiger partial charge in [0.2, 0.25) is 4.96 Å². The molecule has 1 fully saturated rings. The Morgan fingerprint density at radius 2 is 1.89 bits per heavy atom. The number of amides is 1. The average molecular weight is 622 g/mol. The van der Waals surface area contributed by atoms with Gasteiger partial charge < -0.3 is 18.8 Å². The number of aryl methyl sites for hydroxylation is 1. The Labute approximate surface area is 265 Å². The Morgan fingerprint density at radius 3 is 2.64 bits per heavy atom. The number of furan rings is 1. The summed E-state index contributed by atoms with van der Waals surface area (Å²) in [5, 5.41) is 6.36. The standard InChI is InChI=1S/C35H35N5O4S/c1-5-38-13-14-39(22(2)19-38)34(41)25-11-9-24(10-12-25)26-7-6-8-28(15-26)43-21-27-16-29(42-4)17-32-30(27)18-33(44-32)31-20-40-35(36-31)45-23(3)37-40/h6-12,15-18,20,22H,5,13-14,19,21H2,1-4H3/t22-/m0/s1. The highest BCUT2D eigenvalue weighted by Crippen LogP contribution is 2.34. The first-order chi connectivity index (χ1) is 21.9. The van der Waals surface area contributed by atoms with Gasteiger partial charge in [0.15, 0.2) is 5.76 Å². The minimum Gasteiger partial charge on any atom is -0.497 e. The van der Waals surface area contributed by atoms with Gasteiger partial charge in [-0.3, -0.25) is 9.69 Å². The highest BCUT2D eigenvalue weighted by atomic mass is 32.1. The Balaban J connectivity index is 1.08. The number of likely N-dealkylation sites (N-methyl/N-ethyl adjacent to an activating group) is 1. The van der Waals surface area contributed by atoms with Crippen molar-refractivity contribution in [1.29, 1.82) is 0 Å². The number of carbonyl (C=O) groups excluding carboxylic acids is 1. The van der Waals surface area contributed by atoms with E-state index in [2.05, 4.69) is 23.8 Å². The van der Waals surface area contributed by atoms with Crippen LogP contribution in [0.4, 0.5) is 0 Å². The van der Waals surface area contributed by atoms with Crippen LogP contribution in [-0.2, 0) is 6.61 Å². The minimum atomic E-state index is 0.0911. The summed E-state index contributed by atoms with van der Waals surface area (Å²) in [5.74, 6) is 2.19. The Kier molecular flexibility index (Phi) is 7.76. The van der Waals surface area contributed by atoms with Crippen molar-refractivity contribution in [1.82, 2.24) is 24.4 Å². The van der Waals surface area contributed by atoms with E-state index in [1.165, 1.54) is 11.3 Å². The second-order valence-corrected chi connectivity index (χ2v) is 12.6. The lowest BCUT2D eigenvalue weighted by molar-refractivity contribution is 0.0499. The van der Waals surface area contributed by atoms with Gasteiger partial charge in [-0.1, -0.05) is 42.5 Å². The number of piperazine rings is 1. The molecule has 0 spiro atoms. The summed E-state index contributed by atoms with van der Waals surface area (Å²) in [5.41, 5.74) is 5.12. The van der Waals surface area contributed by atoms with E-state index < -0.39 is 0 Å². The molecule has 0 radical (unpaired) electrons. The van der Waals surface area contributed by atoms with Crippen molar-refractivity contribution in [3.05, 3.63) is 89.1 Å². The maximum absolute atomic E-state index is 13.3. The summed E-state index contributed by atoms with van der Waals surface area (Å²) < 4.78 is 19.9. The van der Waals surface area contributed by atoms with Crippen LogP contribution in [0.25, 0.3) is 38.5 Å². The molecule has 1 atom stereocenters. The number of benzene rings is 3.